The number of unbranched alkanes of at least 4 members (excludes halogenated alkanes) is 32. The summed E-state index contributed by atoms with van der Waals surface area (Å²) < 4.78 is 16.9. The molecule has 71 heavy (non-hydrogen) atoms. The van der Waals surface area contributed by atoms with E-state index >= 15 is 0 Å². The van der Waals surface area contributed by atoms with E-state index in [2.05, 4.69) is 93.7 Å². The summed E-state index contributed by atoms with van der Waals surface area (Å²) in [6.45, 7) is 6.58. The van der Waals surface area contributed by atoms with Crippen LogP contribution in [0.2, 0.25) is 0 Å². The van der Waals surface area contributed by atoms with Crippen molar-refractivity contribution in [2.45, 2.75) is 309 Å². The summed E-state index contributed by atoms with van der Waals surface area (Å²) in [7, 11) is 0. The van der Waals surface area contributed by atoms with Gasteiger partial charge in [-0.3, -0.25) is 14.4 Å². The second kappa shape index (κ2) is 59.4. The Kier molecular flexibility index (Phi) is 56.8. The van der Waals surface area contributed by atoms with Crippen LogP contribution in [0.1, 0.15) is 303 Å². The van der Waals surface area contributed by atoms with Crippen LogP contribution < -0.4 is 0 Å². The van der Waals surface area contributed by atoms with E-state index in [0.29, 0.717) is 19.3 Å². The van der Waals surface area contributed by atoms with Crippen molar-refractivity contribution >= 4 is 17.9 Å². The minimum Gasteiger partial charge on any atom is -0.462 e. The third-order valence-corrected chi connectivity index (χ3v) is 13.2. The predicted molar refractivity (Wildman–Crippen MR) is 307 cm³/mol. The molecule has 0 aromatic rings. The maximum atomic E-state index is 12.9. The Morgan fingerprint density at radius 2 is 0.507 bits per heavy atom. The number of carbonyl (C=O) groups is 3. The molecule has 0 N–H and O–H groups in total. The van der Waals surface area contributed by atoms with Gasteiger partial charge in [0.25, 0.3) is 0 Å². The van der Waals surface area contributed by atoms with Gasteiger partial charge < -0.3 is 14.2 Å². The standard InChI is InChI=1S/C65H114O6/c1-4-7-10-13-16-19-22-25-27-29-31-32-34-35-37-40-43-46-49-52-55-58-64(67)70-61-62(60-69-63(66)57-54-51-48-45-42-39-24-21-18-15-12-9-6-3)71-65(68)59-56-53-50-47-44-41-38-36-33-30-28-26-23-20-17-14-11-8-5-2/h17,20-21,24-28,33,36,41,44,62H,4-16,18-19,22-23,29-32,34-35,37-40,42-43,45-61H2,1-3H3/b20-17-,24-21-,27-25-,28-26-,36-33-,44-41-/t62-/m0/s1. The summed E-state index contributed by atoms with van der Waals surface area (Å²) in [6.07, 6.45) is 76.1. The van der Waals surface area contributed by atoms with E-state index in [0.717, 1.165) is 89.9 Å². The van der Waals surface area contributed by atoms with Gasteiger partial charge in [-0.05, 0) is 116 Å². The van der Waals surface area contributed by atoms with Crippen molar-refractivity contribution < 1.29 is 28.6 Å². The number of carbonyl (C=O) groups excluding carboxylic acids is 3. The first-order valence-corrected chi connectivity index (χ1v) is 30.4. The first-order chi connectivity index (χ1) is 35.0. The third-order valence-electron chi connectivity index (χ3n) is 13.2. The number of hydrogen-bond donors (Lipinski definition) is 0. The van der Waals surface area contributed by atoms with E-state index in [-0.39, 0.29) is 31.1 Å². The number of allylic oxidation sites excluding steroid dienone is 12. The lowest BCUT2D eigenvalue weighted by molar-refractivity contribution is -0.167. The van der Waals surface area contributed by atoms with Crippen LogP contribution >= 0.6 is 0 Å². The molecule has 0 rings (SSSR count). The molecule has 0 amide bonds. The number of rotatable bonds is 55. The van der Waals surface area contributed by atoms with E-state index in [4.69, 9.17) is 14.2 Å². The first kappa shape index (κ1) is 67.8. The largest absolute Gasteiger partial charge is 0.462 e. The van der Waals surface area contributed by atoms with E-state index in [1.54, 1.807) is 0 Å². The zero-order chi connectivity index (χ0) is 51.4. The van der Waals surface area contributed by atoms with E-state index in [1.807, 2.05) is 0 Å². The van der Waals surface area contributed by atoms with Gasteiger partial charge in [0.1, 0.15) is 13.2 Å². The molecule has 0 aliphatic carbocycles. The van der Waals surface area contributed by atoms with Crippen LogP contribution in [0.5, 0.6) is 0 Å². The van der Waals surface area contributed by atoms with E-state index < -0.39 is 6.10 Å². The fourth-order valence-electron chi connectivity index (χ4n) is 8.53. The average molecular weight is 992 g/mol. The zero-order valence-corrected chi connectivity index (χ0v) is 47.0. The second-order valence-electron chi connectivity index (χ2n) is 20.2. The van der Waals surface area contributed by atoms with Crippen LogP contribution in [0.3, 0.4) is 0 Å². The van der Waals surface area contributed by atoms with Crippen LogP contribution in [0.25, 0.3) is 0 Å². The molecule has 0 spiro atoms. The highest BCUT2D eigenvalue weighted by atomic mass is 16.6. The summed E-state index contributed by atoms with van der Waals surface area (Å²) in [5.74, 6) is -0.921. The van der Waals surface area contributed by atoms with Crippen LogP contribution in [-0.2, 0) is 28.6 Å². The molecule has 410 valence electrons. The van der Waals surface area contributed by atoms with Crippen molar-refractivity contribution in [2.24, 2.45) is 0 Å². The molecule has 0 aromatic carbocycles. The first-order valence-electron chi connectivity index (χ1n) is 30.4. The average Bonchev–Trinajstić information content (AvgIpc) is 3.37. The summed E-state index contributed by atoms with van der Waals surface area (Å²) in [4.78, 5) is 38.2. The fraction of sp³-hybridized carbons (Fsp3) is 0.769. The van der Waals surface area contributed by atoms with Gasteiger partial charge in [0.15, 0.2) is 6.10 Å². The topological polar surface area (TPSA) is 78.9 Å². The molecule has 6 heteroatoms. The predicted octanol–water partition coefficient (Wildman–Crippen LogP) is 20.5. The van der Waals surface area contributed by atoms with Gasteiger partial charge >= 0.3 is 17.9 Å². The molecule has 0 radical (unpaired) electrons. The van der Waals surface area contributed by atoms with Crippen LogP contribution in [-0.4, -0.2) is 37.2 Å². The molecule has 0 saturated carbocycles. The molecule has 6 nitrogen and oxygen atoms in total. The monoisotopic (exact) mass is 991 g/mol. The Labute approximate surface area is 440 Å². The second-order valence-corrected chi connectivity index (χ2v) is 20.2. The molecule has 0 aromatic heterocycles. The van der Waals surface area contributed by atoms with Gasteiger partial charge in [-0.25, -0.2) is 0 Å². The van der Waals surface area contributed by atoms with Crippen LogP contribution in [0.4, 0.5) is 0 Å². The molecule has 0 aliphatic heterocycles. The Morgan fingerprint density at radius 1 is 0.282 bits per heavy atom. The van der Waals surface area contributed by atoms with Gasteiger partial charge in [-0.2, -0.15) is 0 Å². The molecule has 0 fully saturated rings. The third kappa shape index (κ3) is 57.6. The van der Waals surface area contributed by atoms with Crippen molar-refractivity contribution in [1.82, 2.24) is 0 Å². The summed E-state index contributed by atoms with van der Waals surface area (Å²) in [5, 5.41) is 0. The molecule has 0 saturated heterocycles. The molecule has 0 unspecified atom stereocenters. The van der Waals surface area contributed by atoms with Gasteiger partial charge in [0.05, 0.1) is 0 Å². The van der Waals surface area contributed by atoms with Crippen molar-refractivity contribution in [3.63, 3.8) is 0 Å². The van der Waals surface area contributed by atoms with Gasteiger partial charge in [-0.15, -0.1) is 0 Å². The molecule has 0 aliphatic rings. The summed E-state index contributed by atoms with van der Waals surface area (Å²) >= 11 is 0. The lowest BCUT2D eigenvalue weighted by atomic mass is 10.0. The van der Waals surface area contributed by atoms with Gasteiger partial charge in [0.2, 0.25) is 0 Å². The Balaban J connectivity index is 4.39. The quantitative estimate of drug-likeness (QED) is 0.0261. The molecular weight excluding hydrogens is 877 g/mol. The highest BCUT2D eigenvalue weighted by molar-refractivity contribution is 5.71. The maximum Gasteiger partial charge on any atom is 0.306 e. The molecule has 0 bridgehead atoms. The summed E-state index contributed by atoms with van der Waals surface area (Å²) in [6, 6.07) is 0. The molecular formula is C65H114O6. The normalized spacial score (nSPS) is 12.5. The minimum atomic E-state index is -0.796. The highest BCUT2D eigenvalue weighted by Crippen LogP contribution is 2.15. The number of ether oxygens (including phenoxy) is 3. The van der Waals surface area contributed by atoms with E-state index in [1.165, 1.54) is 173 Å². The van der Waals surface area contributed by atoms with Crippen molar-refractivity contribution in [2.75, 3.05) is 13.2 Å². The Morgan fingerprint density at radius 3 is 0.859 bits per heavy atom. The highest BCUT2D eigenvalue weighted by Gasteiger charge is 2.19. The lowest BCUT2D eigenvalue weighted by Gasteiger charge is -2.18. The van der Waals surface area contributed by atoms with Gasteiger partial charge in [0, 0.05) is 19.3 Å². The number of hydrogen-bond acceptors (Lipinski definition) is 6. The lowest BCUT2D eigenvalue weighted by Crippen LogP contribution is -2.30. The van der Waals surface area contributed by atoms with Crippen LogP contribution in [0, 0.1) is 0 Å². The van der Waals surface area contributed by atoms with Crippen LogP contribution in [0.15, 0.2) is 72.9 Å². The van der Waals surface area contributed by atoms with Crippen molar-refractivity contribution in [3.05, 3.63) is 72.9 Å². The zero-order valence-electron chi connectivity index (χ0n) is 47.0. The van der Waals surface area contributed by atoms with Crippen molar-refractivity contribution in [1.29, 1.82) is 0 Å². The Bertz CT molecular complexity index is 1320. The summed E-state index contributed by atoms with van der Waals surface area (Å²) in [5.41, 5.74) is 0. The SMILES string of the molecule is CCCCC/C=C\C/C=C\C/C=C\C/C=C\CCCCCC(=O)O[C@@H](COC(=O)CCCCCCC/C=C\CCCCCC)COC(=O)CCCCCCCCCCCCC/C=C\CCCCCCCC. The minimum absolute atomic E-state index is 0.0902. The van der Waals surface area contributed by atoms with Gasteiger partial charge in [-0.1, -0.05) is 241 Å². The smallest absolute Gasteiger partial charge is 0.306 e. The Hall–Kier alpha value is -3.15. The number of esters is 3. The molecule has 0 heterocycles. The van der Waals surface area contributed by atoms with E-state index in [9.17, 15) is 14.4 Å². The maximum absolute atomic E-state index is 12.9. The fourth-order valence-corrected chi connectivity index (χ4v) is 8.53. The van der Waals surface area contributed by atoms with Crippen molar-refractivity contribution in [3.8, 4) is 0 Å². The molecule has 1 atom stereocenters.